The Hall–Kier alpha value is -1.38. The maximum absolute atomic E-state index is 12.2. The first-order valence-corrected chi connectivity index (χ1v) is 9.54. The van der Waals surface area contributed by atoms with Gasteiger partial charge in [-0.2, -0.15) is 0 Å². The monoisotopic (exact) mass is 356 g/mol. The molecule has 1 fully saturated rings. The van der Waals surface area contributed by atoms with Crippen LogP contribution in [0.15, 0.2) is 12.7 Å². The summed E-state index contributed by atoms with van der Waals surface area (Å²) in [6, 6.07) is 0. The maximum Gasteiger partial charge on any atom is 0.327 e. The van der Waals surface area contributed by atoms with Crippen molar-refractivity contribution in [1.82, 2.24) is 19.5 Å². The highest BCUT2D eigenvalue weighted by Crippen LogP contribution is 2.48. The van der Waals surface area contributed by atoms with Crippen molar-refractivity contribution >= 4 is 18.8 Å². The van der Waals surface area contributed by atoms with Crippen LogP contribution in [0.2, 0.25) is 0 Å². The molecule has 0 N–H and O–H groups in total. The molecule has 10 heteroatoms. The molecule has 2 aromatic rings. The Morgan fingerprint density at radius 3 is 2.88 bits per heavy atom. The van der Waals surface area contributed by atoms with Gasteiger partial charge in [0.1, 0.15) is 24.2 Å². The average Bonchev–Trinajstić information content (AvgIpc) is 3.13. The molecule has 0 aromatic carbocycles. The molecule has 3 rings (SSSR count). The summed E-state index contributed by atoms with van der Waals surface area (Å²) >= 11 is 0. The van der Waals surface area contributed by atoms with Gasteiger partial charge in [0, 0.05) is 27.3 Å². The van der Waals surface area contributed by atoms with Crippen molar-refractivity contribution in [1.29, 1.82) is 0 Å². The summed E-state index contributed by atoms with van der Waals surface area (Å²) in [7, 11) is -0.183. The highest BCUT2D eigenvalue weighted by Gasteiger charge is 2.40. The normalized spacial score (nSPS) is 26.8. The van der Waals surface area contributed by atoms with Crippen LogP contribution >= 0.6 is 7.60 Å². The van der Waals surface area contributed by atoms with E-state index in [-0.39, 0.29) is 12.3 Å². The van der Waals surface area contributed by atoms with Crippen LogP contribution in [0.4, 0.5) is 0 Å². The Kier molecular flexibility index (Phi) is 4.98. The predicted molar refractivity (Wildman–Crippen MR) is 85.9 cm³/mol. The van der Waals surface area contributed by atoms with E-state index in [1.54, 1.807) is 13.4 Å². The van der Waals surface area contributed by atoms with Crippen LogP contribution in [0.5, 0.6) is 0 Å². The van der Waals surface area contributed by atoms with Crippen LogP contribution in [0.3, 0.4) is 0 Å². The molecule has 1 aliphatic heterocycles. The Morgan fingerprint density at radius 2 is 2.17 bits per heavy atom. The second-order valence-electron chi connectivity index (χ2n) is 5.70. The number of nitrogens with zero attached hydrogens (tertiary/aromatic N) is 4. The minimum atomic E-state index is -3.13. The Labute approximate surface area is 139 Å². The lowest BCUT2D eigenvalue weighted by Gasteiger charge is -2.20. The standard InChI is InChI=1S/C14H21N4O5P/c1-9-13-14(16-7-15-9)18(8-17-13)12-5-10(11(22-12)6-20-2)23-24(4,19)21-3/h7-8,10-12H,5-6H2,1-4H3. The summed E-state index contributed by atoms with van der Waals surface area (Å²) in [6.07, 6.45) is 2.55. The van der Waals surface area contributed by atoms with Gasteiger partial charge in [-0.1, -0.05) is 0 Å². The molecular formula is C14H21N4O5P. The molecule has 0 aliphatic carbocycles. The summed E-state index contributed by atoms with van der Waals surface area (Å²) in [5, 5.41) is 0. The van der Waals surface area contributed by atoms with Gasteiger partial charge in [-0.3, -0.25) is 9.13 Å². The molecule has 2 aromatic heterocycles. The second kappa shape index (κ2) is 6.85. The number of imidazole rings is 1. The number of fused-ring (bicyclic) bond motifs is 1. The number of hydrogen-bond donors (Lipinski definition) is 0. The molecule has 0 bridgehead atoms. The fourth-order valence-corrected chi connectivity index (χ4v) is 3.56. The zero-order chi connectivity index (χ0) is 17.3. The van der Waals surface area contributed by atoms with Crippen LogP contribution in [0, 0.1) is 6.92 Å². The zero-order valence-corrected chi connectivity index (χ0v) is 15.0. The van der Waals surface area contributed by atoms with E-state index in [0.29, 0.717) is 18.7 Å². The van der Waals surface area contributed by atoms with E-state index in [0.717, 1.165) is 11.2 Å². The SMILES string of the molecule is COCC1OC(n2cnc3c(C)ncnc32)CC1OP(C)(=O)OC. The predicted octanol–water partition coefficient (Wildman–Crippen LogP) is 1.92. The van der Waals surface area contributed by atoms with Crippen molar-refractivity contribution in [3.8, 4) is 0 Å². The van der Waals surface area contributed by atoms with E-state index in [2.05, 4.69) is 15.0 Å². The molecule has 0 saturated carbocycles. The topological polar surface area (TPSA) is 97.6 Å². The van der Waals surface area contributed by atoms with Crippen LogP contribution in [0.25, 0.3) is 11.2 Å². The molecule has 1 aliphatic rings. The van der Waals surface area contributed by atoms with Gasteiger partial charge in [0.15, 0.2) is 5.65 Å². The molecule has 1 saturated heterocycles. The molecule has 0 amide bonds. The molecular weight excluding hydrogens is 335 g/mol. The van der Waals surface area contributed by atoms with Crippen LogP contribution in [-0.2, 0) is 23.1 Å². The zero-order valence-electron chi connectivity index (χ0n) is 14.1. The third-order valence-electron chi connectivity index (χ3n) is 4.02. The Balaban J connectivity index is 1.86. The minimum absolute atomic E-state index is 0.325. The first-order chi connectivity index (χ1) is 11.4. The lowest BCUT2D eigenvalue weighted by atomic mass is 10.2. The number of aromatic nitrogens is 4. The highest BCUT2D eigenvalue weighted by molar-refractivity contribution is 7.52. The van der Waals surface area contributed by atoms with E-state index in [9.17, 15) is 4.57 Å². The van der Waals surface area contributed by atoms with Crippen LogP contribution in [0.1, 0.15) is 18.3 Å². The van der Waals surface area contributed by atoms with Gasteiger partial charge in [0.25, 0.3) is 0 Å². The maximum atomic E-state index is 12.2. The van der Waals surface area contributed by atoms with Gasteiger partial charge < -0.3 is 18.5 Å². The first-order valence-electron chi connectivity index (χ1n) is 7.55. The molecule has 4 atom stereocenters. The van der Waals surface area contributed by atoms with Gasteiger partial charge in [-0.15, -0.1) is 0 Å². The first kappa shape index (κ1) is 17.4. The largest absolute Gasteiger partial charge is 0.382 e. The van der Waals surface area contributed by atoms with Crippen molar-refractivity contribution in [2.24, 2.45) is 0 Å². The highest BCUT2D eigenvalue weighted by atomic mass is 31.2. The van der Waals surface area contributed by atoms with Crippen molar-refractivity contribution in [2.75, 3.05) is 27.5 Å². The van der Waals surface area contributed by atoms with Crippen LogP contribution in [-0.4, -0.2) is 59.2 Å². The number of rotatable bonds is 6. The summed E-state index contributed by atoms with van der Waals surface area (Å²) in [6.45, 7) is 3.64. The molecule has 3 heterocycles. The number of aryl methyl sites for hydroxylation is 1. The molecule has 0 radical (unpaired) electrons. The lowest BCUT2D eigenvalue weighted by Crippen LogP contribution is -2.28. The van der Waals surface area contributed by atoms with Gasteiger partial charge in [-0.05, 0) is 6.92 Å². The number of ether oxygens (including phenoxy) is 2. The molecule has 4 unspecified atom stereocenters. The fourth-order valence-electron chi connectivity index (χ4n) is 2.77. The minimum Gasteiger partial charge on any atom is -0.382 e. The van der Waals surface area contributed by atoms with Crippen molar-refractivity contribution in [3.05, 3.63) is 18.3 Å². The van der Waals surface area contributed by atoms with E-state index in [4.69, 9.17) is 18.5 Å². The number of hydrogen-bond acceptors (Lipinski definition) is 8. The van der Waals surface area contributed by atoms with Gasteiger partial charge >= 0.3 is 7.60 Å². The molecule has 0 spiro atoms. The van der Waals surface area contributed by atoms with Crippen LogP contribution < -0.4 is 0 Å². The quantitative estimate of drug-likeness (QED) is 0.724. The number of methoxy groups -OCH3 is 1. The molecule has 24 heavy (non-hydrogen) atoms. The molecule has 132 valence electrons. The van der Waals surface area contributed by atoms with Crippen molar-refractivity contribution in [2.45, 2.75) is 31.8 Å². The summed E-state index contributed by atoms with van der Waals surface area (Å²) < 4.78 is 35.8. The Morgan fingerprint density at radius 1 is 1.38 bits per heavy atom. The van der Waals surface area contributed by atoms with Crippen molar-refractivity contribution < 1.29 is 23.1 Å². The second-order valence-corrected chi connectivity index (χ2v) is 7.82. The van der Waals surface area contributed by atoms with Gasteiger partial charge in [0.2, 0.25) is 0 Å². The fraction of sp³-hybridized carbons (Fsp3) is 0.643. The Bertz CT molecular complexity index is 767. The third kappa shape index (κ3) is 3.36. The average molecular weight is 356 g/mol. The van der Waals surface area contributed by atoms with Gasteiger partial charge in [0.05, 0.1) is 24.7 Å². The molecule has 9 nitrogen and oxygen atoms in total. The third-order valence-corrected chi connectivity index (χ3v) is 5.34. The smallest absolute Gasteiger partial charge is 0.327 e. The lowest BCUT2D eigenvalue weighted by molar-refractivity contribution is -0.0496. The van der Waals surface area contributed by atoms with Gasteiger partial charge in [-0.25, -0.2) is 15.0 Å². The van der Waals surface area contributed by atoms with E-state index in [1.807, 2.05) is 11.5 Å². The van der Waals surface area contributed by atoms with E-state index < -0.39 is 13.7 Å². The summed E-state index contributed by atoms with van der Waals surface area (Å²) in [5.41, 5.74) is 2.22. The van der Waals surface area contributed by atoms with Crippen molar-refractivity contribution in [3.63, 3.8) is 0 Å². The van der Waals surface area contributed by atoms with E-state index in [1.165, 1.54) is 20.1 Å². The summed E-state index contributed by atoms with van der Waals surface area (Å²) in [5.74, 6) is 0. The summed E-state index contributed by atoms with van der Waals surface area (Å²) in [4.78, 5) is 12.8. The van der Waals surface area contributed by atoms with E-state index >= 15 is 0 Å².